The van der Waals surface area contributed by atoms with Gasteiger partial charge in [-0.3, -0.25) is 0 Å². The first-order valence-electron chi connectivity index (χ1n) is 4.00. The van der Waals surface area contributed by atoms with Crippen molar-refractivity contribution in [1.82, 2.24) is 0 Å². The van der Waals surface area contributed by atoms with E-state index in [-0.39, 0.29) is 0 Å². The monoisotopic (exact) mass is 163 g/mol. The van der Waals surface area contributed by atoms with Gasteiger partial charge in [-0.25, -0.2) is 0 Å². The summed E-state index contributed by atoms with van der Waals surface area (Å²) in [5.74, 6) is 0.682. The van der Waals surface area contributed by atoms with Gasteiger partial charge in [-0.05, 0) is 18.6 Å². The lowest BCUT2D eigenvalue weighted by Crippen LogP contribution is -1.96. The van der Waals surface area contributed by atoms with Gasteiger partial charge in [0, 0.05) is 0 Å². The van der Waals surface area contributed by atoms with Crippen LogP contribution >= 0.6 is 0 Å². The minimum Gasteiger partial charge on any atom is -0.492 e. The molecule has 2 heteroatoms. The molecule has 0 aliphatic carbocycles. The molecule has 0 spiro atoms. The zero-order valence-electron chi connectivity index (χ0n) is 7.08. The van der Waals surface area contributed by atoms with Gasteiger partial charge in [-0.15, -0.1) is 0 Å². The Morgan fingerprint density at radius 3 is 2.83 bits per heavy atom. The van der Waals surface area contributed by atoms with Gasteiger partial charge >= 0.3 is 0 Å². The van der Waals surface area contributed by atoms with Crippen LogP contribution in [0.15, 0.2) is 24.3 Å². The van der Waals surface area contributed by atoms with Crippen molar-refractivity contribution in [2.75, 3.05) is 6.61 Å². The molecule has 1 rings (SSSR count). The third kappa shape index (κ3) is 2.00. The highest BCUT2D eigenvalue weighted by atomic mass is 16.5. The van der Waals surface area contributed by atoms with Crippen molar-refractivity contribution < 1.29 is 4.74 Å². The van der Waals surface area contributed by atoms with Crippen LogP contribution in [0.4, 0.5) is 0 Å². The molecular formula is C10H11NO. The predicted octanol–water partition coefficient (Wildman–Crippen LogP) is 2.35. The molecule has 0 saturated heterocycles. The summed E-state index contributed by atoms with van der Waals surface area (Å²) in [6.07, 6.45) is 0.958. The predicted molar refractivity (Wildman–Crippen MR) is 46.9 cm³/mol. The van der Waals surface area contributed by atoms with E-state index in [1.165, 1.54) is 0 Å². The normalized spacial score (nSPS) is 9.00. The van der Waals surface area contributed by atoms with Crippen LogP contribution in [-0.4, -0.2) is 6.61 Å². The molecule has 0 amide bonds. The Bertz CT molecular complexity index is 288. The zero-order valence-corrected chi connectivity index (χ0v) is 7.08. The quantitative estimate of drug-likeness (QED) is 0.685. The Balaban J connectivity index is 2.77. The molecule has 0 bridgehead atoms. The summed E-state index contributed by atoms with van der Waals surface area (Å²) in [4.78, 5) is 0. The van der Waals surface area contributed by atoms with Gasteiger partial charge in [0.1, 0.15) is 11.8 Å². The summed E-state index contributed by atoms with van der Waals surface area (Å²) in [7, 11) is 0. The van der Waals surface area contributed by atoms with Crippen molar-refractivity contribution in [3.05, 3.63) is 29.8 Å². The molecule has 62 valence electrons. The number of nitriles is 1. The molecule has 0 atom stereocenters. The first kappa shape index (κ1) is 8.61. The summed E-state index contributed by atoms with van der Waals surface area (Å²) >= 11 is 0. The lowest BCUT2D eigenvalue weighted by Gasteiger charge is -2.04. The number of benzene rings is 1. The summed E-state index contributed by atoms with van der Waals surface area (Å²) < 4.78 is 5.35. The molecule has 12 heavy (non-hydrogen) atoms. The van der Waals surface area contributed by atoms with Crippen molar-refractivity contribution in [2.24, 2.45) is 0 Å². The van der Waals surface area contributed by atoms with Gasteiger partial charge in [0.05, 0.1) is 12.2 Å². The third-order valence-corrected chi connectivity index (χ3v) is 1.47. The second-order valence-corrected chi connectivity index (χ2v) is 2.46. The Labute approximate surface area is 72.4 Å². The third-order valence-electron chi connectivity index (χ3n) is 1.47. The highest BCUT2D eigenvalue weighted by molar-refractivity contribution is 5.42. The molecule has 0 saturated carbocycles. The molecule has 0 aromatic heterocycles. The van der Waals surface area contributed by atoms with E-state index in [4.69, 9.17) is 10.00 Å². The van der Waals surface area contributed by atoms with E-state index in [0.717, 1.165) is 6.42 Å². The van der Waals surface area contributed by atoms with Gasteiger partial charge < -0.3 is 4.74 Å². The first-order valence-corrected chi connectivity index (χ1v) is 4.00. The highest BCUT2D eigenvalue weighted by Crippen LogP contribution is 2.16. The van der Waals surface area contributed by atoms with E-state index in [1.54, 1.807) is 6.07 Å². The smallest absolute Gasteiger partial charge is 0.137 e. The van der Waals surface area contributed by atoms with Crippen molar-refractivity contribution in [3.8, 4) is 11.8 Å². The average Bonchev–Trinajstić information content (AvgIpc) is 2.15. The van der Waals surface area contributed by atoms with E-state index >= 15 is 0 Å². The van der Waals surface area contributed by atoms with Crippen LogP contribution in [0.3, 0.4) is 0 Å². The second-order valence-electron chi connectivity index (χ2n) is 2.46. The van der Waals surface area contributed by atoms with Crippen LogP contribution in [0, 0.1) is 11.3 Å². The molecule has 0 radical (unpaired) electrons. The van der Waals surface area contributed by atoms with Crippen LogP contribution in [0.1, 0.15) is 18.9 Å². The topological polar surface area (TPSA) is 33.0 Å². The molecule has 1 aromatic carbocycles. The standard InChI is InChI=1S/C10H11NO/c1-2-7-12-10-6-4-3-5-9(10)8-11/h3-6H,2,7H2,1H3/i8+2. The minimum absolute atomic E-state index is 0.603. The maximum absolute atomic E-state index is 8.69. The van der Waals surface area contributed by atoms with Gasteiger partial charge in [-0.1, -0.05) is 19.1 Å². The SMILES string of the molecule is CCCOc1ccccc1[14C]#N. The lowest BCUT2D eigenvalue weighted by molar-refractivity contribution is 0.316. The molecule has 2 nitrogen and oxygen atoms in total. The lowest BCUT2D eigenvalue weighted by atomic mass is 10.3. The fourth-order valence-electron chi connectivity index (χ4n) is 0.897. The van der Waals surface area contributed by atoms with Crippen molar-refractivity contribution in [3.63, 3.8) is 0 Å². The Morgan fingerprint density at radius 2 is 2.17 bits per heavy atom. The molecule has 0 fully saturated rings. The molecule has 1 aromatic rings. The van der Waals surface area contributed by atoms with Gasteiger partial charge in [0.25, 0.3) is 0 Å². The fraction of sp³-hybridized carbons (Fsp3) is 0.300. The first-order chi connectivity index (χ1) is 5.88. The second kappa shape index (κ2) is 4.40. The molecule has 0 aliphatic heterocycles. The van der Waals surface area contributed by atoms with Crippen LogP contribution in [0.5, 0.6) is 5.75 Å². The van der Waals surface area contributed by atoms with Crippen molar-refractivity contribution >= 4 is 0 Å². The van der Waals surface area contributed by atoms with Crippen molar-refractivity contribution in [2.45, 2.75) is 13.3 Å². The molecule has 0 heterocycles. The maximum Gasteiger partial charge on any atom is 0.137 e. The molecular weight excluding hydrogens is 152 g/mol. The number of para-hydroxylation sites is 1. The highest BCUT2D eigenvalue weighted by Gasteiger charge is 1.99. The van der Waals surface area contributed by atoms with E-state index in [1.807, 2.05) is 25.1 Å². The van der Waals surface area contributed by atoms with Crippen LogP contribution in [0.2, 0.25) is 0 Å². The zero-order chi connectivity index (χ0) is 8.81. The van der Waals surface area contributed by atoms with Crippen LogP contribution in [0.25, 0.3) is 0 Å². The Hall–Kier alpha value is -1.49. The molecule has 0 N–H and O–H groups in total. The van der Waals surface area contributed by atoms with Gasteiger partial charge in [0.2, 0.25) is 0 Å². The van der Waals surface area contributed by atoms with E-state index in [9.17, 15) is 0 Å². The number of nitrogens with zero attached hydrogens (tertiary/aromatic N) is 1. The van der Waals surface area contributed by atoms with Crippen molar-refractivity contribution in [1.29, 1.82) is 5.26 Å². The number of hydrogen-bond acceptors (Lipinski definition) is 2. The summed E-state index contributed by atoms with van der Waals surface area (Å²) in [6.45, 7) is 2.70. The minimum atomic E-state index is 0.603. The van der Waals surface area contributed by atoms with Crippen LogP contribution < -0.4 is 4.74 Å². The van der Waals surface area contributed by atoms with Gasteiger partial charge in [-0.2, -0.15) is 5.26 Å². The number of rotatable bonds is 3. The fourth-order valence-corrected chi connectivity index (χ4v) is 0.897. The molecule has 0 aliphatic rings. The number of hydrogen-bond donors (Lipinski definition) is 0. The maximum atomic E-state index is 8.69. The Kier molecular flexibility index (Phi) is 3.16. The van der Waals surface area contributed by atoms with Crippen LogP contribution in [-0.2, 0) is 0 Å². The van der Waals surface area contributed by atoms with E-state index < -0.39 is 0 Å². The average molecular weight is 163 g/mol. The summed E-state index contributed by atoms with van der Waals surface area (Å²) in [5.41, 5.74) is 0.603. The Morgan fingerprint density at radius 1 is 1.42 bits per heavy atom. The van der Waals surface area contributed by atoms with E-state index in [0.29, 0.717) is 17.9 Å². The summed E-state index contributed by atoms with van der Waals surface area (Å²) in [5, 5.41) is 8.69. The largest absolute Gasteiger partial charge is 0.492 e. The molecule has 0 unspecified atom stereocenters. The van der Waals surface area contributed by atoms with Gasteiger partial charge in [0.15, 0.2) is 0 Å². The number of ether oxygens (including phenoxy) is 1. The van der Waals surface area contributed by atoms with E-state index in [2.05, 4.69) is 6.07 Å². The summed E-state index contributed by atoms with van der Waals surface area (Å²) in [6, 6.07) is 9.35.